The Morgan fingerprint density at radius 2 is 1.35 bits per heavy atom. The molecule has 0 aliphatic heterocycles. The SMILES string of the molecule is Oc1ccc(-c2[o+]c3cc(O)c(O)c(O)c3cc2O)cc1O.[Cl-]. The van der Waals surface area contributed by atoms with Gasteiger partial charge in [-0.25, -0.2) is 4.42 Å². The van der Waals surface area contributed by atoms with Crippen molar-refractivity contribution in [3.8, 4) is 45.8 Å². The maximum Gasteiger partial charge on any atom is 0.402 e. The van der Waals surface area contributed by atoms with Gasteiger partial charge in [0.05, 0.1) is 11.6 Å². The van der Waals surface area contributed by atoms with Gasteiger partial charge in [-0.05, 0) is 12.1 Å². The number of fused-ring (bicyclic) bond motifs is 1. The van der Waals surface area contributed by atoms with Gasteiger partial charge in [0.1, 0.15) is 5.39 Å². The fourth-order valence-electron chi connectivity index (χ4n) is 2.10. The van der Waals surface area contributed by atoms with Gasteiger partial charge in [-0.15, -0.1) is 0 Å². The molecule has 3 aromatic rings. The molecule has 0 saturated carbocycles. The molecule has 6 N–H and O–H groups in total. The first-order chi connectivity index (χ1) is 10.4. The quantitative estimate of drug-likeness (QED) is 0.263. The van der Waals surface area contributed by atoms with Crippen LogP contribution in [0.1, 0.15) is 0 Å². The van der Waals surface area contributed by atoms with Crippen molar-refractivity contribution in [3.63, 3.8) is 0 Å². The predicted molar refractivity (Wildman–Crippen MR) is 76.0 cm³/mol. The summed E-state index contributed by atoms with van der Waals surface area (Å²) in [5.74, 6) is -3.08. The van der Waals surface area contributed by atoms with Gasteiger partial charge in [-0.3, -0.25) is 0 Å². The first-order valence-corrected chi connectivity index (χ1v) is 6.14. The molecule has 8 heteroatoms. The average molecular weight is 339 g/mol. The molecule has 0 radical (unpaired) electrons. The van der Waals surface area contributed by atoms with Crippen molar-refractivity contribution < 1.29 is 47.5 Å². The summed E-state index contributed by atoms with van der Waals surface area (Å²) in [5.41, 5.74) is 0.273. The molecule has 7 nitrogen and oxygen atoms in total. The Morgan fingerprint density at radius 3 is 2.00 bits per heavy atom. The molecule has 0 bridgehead atoms. The molecule has 1 aromatic heterocycles. The van der Waals surface area contributed by atoms with Crippen LogP contribution in [-0.2, 0) is 0 Å². The third kappa shape index (κ3) is 2.58. The van der Waals surface area contributed by atoms with Gasteiger partial charge < -0.3 is 43.0 Å². The number of hydrogen-bond donors (Lipinski definition) is 6. The molecule has 0 fully saturated rings. The molecule has 1 heterocycles. The van der Waals surface area contributed by atoms with Crippen molar-refractivity contribution in [3.05, 3.63) is 30.3 Å². The van der Waals surface area contributed by atoms with Crippen LogP contribution in [0.5, 0.6) is 34.5 Å². The summed E-state index contributed by atoms with van der Waals surface area (Å²) in [7, 11) is 0. The van der Waals surface area contributed by atoms with Crippen molar-refractivity contribution in [1.29, 1.82) is 0 Å². The lowest BCUT2D eigenvalue weighted by Gasteiger charge is -2.02. The minimum absolute atomic E-state index is 0. The van der Waals surface area contributed by atoms with Gasteiger partial charge in [-0.2, -0.15) is 0 Å². The number of aromatic hydroxyl groups is 6. The minimum Gasteiger partial charge on any atom is -1.00 e. The molecular formula is C15H11ClO7. The van der Waals surface area contributed by atoms with E-state index in [0.717, 1.165) is 12.1 Å². The second-order valence-corrected chi connectivity index (χ2v) is 4.67. The van der Waals surface area contributed by atoms with E-state index in [9.17, 15) is 30.6 Å². The van der Waals surface area contributed by atoms with Crippen molar-refractivity contribution >= 4 is 11.0 Å². The van der Waals surface area contributed by atoms with Crippen molar-refractivity contribution in [1.82, 2.24) is 0 Å². The number of phenolic OH excluding ortho intramolecular Hbond substituents is 5. The van der Waals surface area contributed by atoms with Gasteiger partial charge in [-0.1, -0.05) is 0 Å². The van der Waals surface area contributed by atoms with Crippen LogP contribution in [0.25, 0.3) is 22.3 Å². The highest BCUT2D eigenvalue weighted by Crippen LogP contribution is 2.45. The molecule has 0 unspecified atom stereocenters. The van der Waals surface area contributed by atoms with Crippen LogP contribution >= 0.6 is 0 Å². The first kappa shape index (κ1) is 16.3. The van der Waals surface area contributed by atoms with Crippen molar-refractivity contribution in [2.45, 2.75) is 0 Å². The Bertz CT molecular complexity index is 908. The summed E-state index contributed by atoms with van der Waals surface area (Å²) in [6.07, 6.45) is 0. The second-order valence-electron chi connectivity index (χ2n) is 4.67. The zero-order valence-corrected chi connectivity index (χ0v) is 12.1. The molecule has 23 heavy (non-hydrogen) atoms. The number of halogens is 1. The van der Waals surface area contributed by atoms with Crippen molar-refractivity contribution in [2.75, 3.05) is 0 Å². The largest absolute Gasteiger partial charge is 1.00 e. The van der Waals surface area contributed by atoms with Crippen LogP contribution in [0.4, 0.5) is 0 Å². The summed E-state index contributed by atoms with van der Waals surface area (Å²) < 4.78 is 5.42. The zero-order valence-electron chi connectivity index (χ0n) is 11.4. The zero-order chi connectivity index (χ0) is 16.0. The molecule has 0 amide bonds. The molecule has 0 aliphatic rings. The molecule has 0 atom stereocenters. The topological polar surface area (TPSA) is 133 Å². The molecule has 120 valence electrons. The normalized spacial score (nSPS) is 10.4. The molecular weight excluding hydrogens is 328 g/mol. The van der Waals surface area contributed by atoms with Gasteiger partial charge in [0, 0.05) is 12.1 Å². The number of rotatable bonds is 1. The van der Waals surface area contributed by atoms with Gasteiger partial charge >= 0.3 is 11.3 Å². The highest BCUT2D eigenvalue weighted by Gasteiger charge is 2.26. The van der Waals surface area contributed by atoms with Crippen LogP contribution in [0.15, 0.2) is 34.7 Å². The van der Waals surface area contributed by atoms with Crippen molar-refractivity contribution in [2.24, 2.45) is 0 Å². The standard InChI is InChI=1S/C15H10O7.ClH/c16-8-2-1-6(3-9(8)17)15-11(19)4-7-12(22-15)5-10(18)14(21)13(7)20;/h1-5H,(H5-,16,17,18,19,20,21);1H. The van der Waals surface area contributed by atoms with E-state index in [2.05, 4.69) is 0 Å². The van der Waals surface area contributed by atoms with Gasteiger partial charge in [0.15, 0.2) is 23.0 Å². The second kappa shape index (κ2) is 5.62. The van der Waals surface area contributed by atoms with Crippen LogP contribution in [0.2, 0.25) is 0 Å². The molecule has 0 aliphatic carbocycles. The molecule has 2 aromatic carbocycles. The highest BCUT2D eigenvalue weighted by molar-refractivity contribution is 5.91. The van der Waals surface area contributed by atoms with Crippen LogP contribution in [0, 0.1) is 0 Å². The summed E-state index contributed by atoms with van der Waals surface area (Å²) in [6.45, 7) is 0. The first-order valence-electron chi connectivity index (χ1n) is 6.14. The fourth-order valence-corrected chi connectivity index (χ4v) is 2.10. The third-order valence-corrected chi connectivity index (χ3v) is 3.22. The molecule has 0 spiro atoms. The Balaban J connectivity index is 0.00000192. The lowest BCUT2D eigenvalue weighted by molar-refractivity contribution is -0.0000101. The minimum atomic E-state index is -0.725. The average Bonchev–Trinajstić information content (AvgIpc) is 2.48. The fraction of sp³-hybridized carbons (Fsp3) is 0. The Morgan fingerprint density at radius 1 is 0.652 bits per heavy atom. The molecule has 0 saturated heterocycles. The van der Waals surface area contributed by atoms with Crippen LogP contribution < -0.4 is 12.4 Å². The van der Waals surface area contributed by atoms with E-state index in [1.165, 1.54) is 18.2 Å². The monoisotopic (exact) mass is 338 g/mol. The summed E-state index contributed by atoms with van der Waals surface area (Å²) >= 11 is 0. The van der Waals surface area contributed by atoms with Gasteiger partial charge in [0.25, 0.3) is 0 Å². The van der Waals surface area contributed by atoms with E-state index < -0.39 is 23.0 Å². The Labute approximate surface area is 135 Å². The van der Waals surface area contributed by atoms with E-state index >= 15 is 0 Å². The Hall–Kier alpha value is -3.06. The molecule has 3 rings (SSSR count). The lowest BCUT2D eigenvalue weighted by Crippen LogP contribution is -3.00. The number of hydrogen-bond acceptors (Lipinski definition) is 6. The summed E-state index contributed by atoms with van der Waals surface area (Å²) in [5, 5.41) is 57.5. The van der Waals surface area contributed by atoms with E-state index in [1.807, 2.05) is 0 Å². The predicted octanol–water partition coefficient (Wildman–Crippen LogP) is -0.381. The highest BCUT2D eigenvalue weighted by atomic mass is 35.5. The summed E-state index contributed by atoms with van der Waals surface area (Å²) in [6, 6.07) is 6.02. The van der Waals surface area contributed by atoms with E-state index in [0.29, 0.717) is 0 Å². The van der Waals surface area contributed by atoms with E-state index in [1.54, 1.807) is 0 Å². The number of phenols is 5. The van der Waals surface area contributed by atoms with Crippen LogP contribution in [0.3, 0.4) is 0 Å². The summed E-state index contributed by atoms with van der Waals surface area (Å²) in [4.78, 5) is 0. The number of benzene rings is 2. The Kier molecular flexibility index (Phi) is 3.98. The van der Waals surface area contributed by atoms with Crippen LogP contribution in [-0.4, -0.2) is 30.6 Å². The smallest absolute Gasteiger partial charge is 0.402 e. The van der Waals surface area contributed by atoms with E-state index in [4.69, 9.17) is 4.42 Å². The third-order valence-electron chi connectivity index (χ3n) is 3.22. The maximum atomic E-state index is 10.0. The lowest BCUT2D eigenvalue weighted by atomic mass is 10.1. The van der Waals surface area contributed by atoms with E-state index in [-0.39, 0.29) is 46.2 Å². The van der Waals surface area contributed by atoms with Gasteiger partial charge in [0.2, 0.25) is 11.5 Å². The maximum absolute atomic E-state index is 10.0.